The SMILES string of the molecule is OC1=c2cccnc2=CC2(CCC2)C1. The first-order chi connectivity index (χ1) is 6.79. The Labute approximate surface area is 82.6 Å². The number of hydrogen-bond acceptors (Lipinski definition) is 2. The molecule has 1 aromatic rings. The number of aromatic nitrogens is 1. The van der Waals surface area contributed by atoms with E-state index in [0.717, 1.165) is 17.0 Å². The van der Waals surface area contributed by atoms with Crippen LogP contribution in [-0.2, 0) is 0 Å². The summed E-state index contributed by atoms with van der Waals surface area (Å²) in [5.41, 5.74) is 0.242. The summed E-state index contributed by atoms with van der Waals surface area (Å²) in [5, 5.41) is 11.8. The number of fused-ring (bicyclic) bond motifs is 1. The molecule has 1 N–H and O–H groups in total. The van der Waals surface area contributed by atoms with Gasteiger partial charge in [-0.1, -0.05) is 12.5 Å². The molecule has 1 heterocycles. The second-order valence-corrected chi connectivity index (χ2v) is 4.42. The van der Waals surface area contributed by atoms with Gasteiger partial charge in [0.05, 0.1) is 5.35 Å². The van der Waals surface area contributed by atoms with Crippen LogP contribution in [0.5, 0.6) is 0 Å². The van der Waals surface area contributed by atoms with Crippen LogP contribution in [0.3, 0.4) is 0 Å². The molecule has 1 saturated carbocycles. The van der Waals surface area contributed by atoms with Crippen LogP contribution in [0.1, 0.15) is 25.7 Å². The van der Waals surface area contributed by atoms with Crippen molar-refractivity contribution in [2.45, 2.75) is 25.7 Å². The van der Waals surface area contributed by atoms with E-state index in [1.54, 1.807) is 6.20 Å². The van der Waals surface area contributed by atoms with Gasteiger partial charge in [0.25, 0.3) is 0 Å². The quantitative estimate of drug-likeness (QED) is 0.660. The molecule has 0 amide bonds. The third-order valence-electron chi connectivity index (χ3n) is 3.46. The highest BCUT2D eigenvalue weighted by atomic mass is 16.3. The van der Waals surface area contributed by atoms with Gasteiger partial charge in [-0.15, -0.1) is 0 Å². The van der Waals surface area contributed by atoms with Crippen molar-refractivity contribution in [2.24, 2.45) is 5.41 Å². The number of hydrogen-bond donors (Lipinski definition) is 1. The van der Waals surface area contributed by atoms with E-state index in [0.29, 0.717) is 5.76 Å². The van der Waals surface area contributed by atoms with Crippen molar-refractivity contribution < 1.29 is 5.11 Å². The smallest absolute Gasteiger partial charge is 0.102 e. The molecular weight excluding hydrogens is 174 g/mol. The number of rotatable bonds is 0. The van der Waals surface area contributed by atoms with Crippen molar-refractivity contribution in [3.8, 4) is 0 Å². The number of aliphatic hydroxyl groups excluding tert-OH is 1. The van der Waals surface area contributed by atoms with Crippen LogP contribution in [0, 0.1) is 5.41 Å². The maximum atomic E-state index is 9.92. The van der Waals surface area contributed by atoms with E-state index in [1.165, 1.54) is 19.3 Å². The van der Waals surface area contributed by atoms with Crippen molar-refractivity contribution in [3.05, 3.63) is 28.9 Å². The van der Waals surface area contributed by atoms with E-state index < -0.39 is 0 Å². The number of aliphatic hydroxyl groups is 1. The monoisotopic (exact) mass is 187 g/mol. The summed E-state index contributed by atoms with van der Waals surface area (Å²) in [6, 6.07) is 3.82. The first kappa shape index (κ1) is 8.04. The zero-order valence-corrected chi connectivity index (χ0v) is 8.03. The maximum Gasteiger partial charge on any atom is 0.102 e. The molecule has 14 heavy (non-hydrogen) atoms. The van der Waals surface area contributed by atoms with Crippen molar-refractivity contribution in [1.82, 2.24) is 4.98 Å². The summed E-state index contributed by atoms with van der Waals surface area (Å²) in [6.45, 7) is 0. The molecular formula is C12H13NO. The summed E-state index contributed by atoms with van der Waals surface area (Å²) in [4.78, 5) is 4.31. The molecule has 2 aliphatic rings. The Hall–Kier alpha value is -1.31. The largest absolute Gasteiger partial charge is 0.512 e. The highest BCUT2D eigenvalue weighted by Crippen LogP contribution is 2.47. The van der Waals surface area contributed by atoms with E-state index in [2.05, 4.69) is 11.1 Å². The third-order valence-corrected chi connectivity index (χ3v) is 3.46. The van der Waals surface area contributed by atoms with E-state index >= 15 is 0 Å². The lowest BCUT2D eigenvalue weighted by molar-refractivity contribution is 0.214. The van der Waals surface area contributed by atoms with Gasteiger partial charge in [-0.2, -0.15) is 0 Å². The average molecular weight is 187 g/mol. The Balaban J connectivity index is 2.27. The highest BCUT2D eigenvalue weighted by molar-refractivity contribution is 5.49. The Morgan fingerprint density at radius 1 is 1.36 bits per heavy atom. The fourth-order valence-corrected chi connectivity index (χ4v) is 2.50. The predicted octanol–water partition coefficient (Wildman–Crippen LogP) is 1.10. The molecule has 2 nitrogen and oxygen atoms in total. The van der Waals surface area contributed by atoms with Crippen molar-refractivity contribution in [1.29, 1.82) is 0 Å². The molecule has 0 atom stereocenters. The van der Waals surface area contributed by atoms with Crippen LogP contribution < -0.4 is 10.6 Å². The zero-order valence-electron chi connectivity index (χ0n) is 8.03. The topological polar surface area (TPSA) is 33.1 Å². The minimum atomic E-state index is 0.242. The van der Waals surface area contributed by atoms with Gasteiger partial charge >= 0.3 is 0 Å². The Morgan fingerprint density at radius 3 is 2.93 bits per heavy atom. The minimum Gasteiger partial charge on any atom is -0.512 e. The molecule has 0 aliphatic heterocycles. The molecule has 3 rings (SSSR count). The Morgan fingerprint density at radius 2 is 2.21 bits per heavy atom. The van der Waals surface area contributed by atoms with Gasteiger partial charge in [-0.05, 0) is 30.4 Å². The van der Waals surface area contributed by atoms with Gasteiger partial charge in [-0.3, -0.25) is 4.98 Å². The van der Waals surface area contributed by atoms with Gasteiger partial charge < -0.3 is 5.11 Å². The molecule has 0 bridgehead atoms. The lowest BCUT2D eigenvalue weighted by Gasteiger charge is -2.40. The van der Waals surface area contributed by atoms with Crippen LogP contribution >= 0.6 is 0 Å². The minimum absolute atomic E-state index is 0.242. The summed E-state index contributed by atoms with van der Waals surface area (Å²) in [6.07, 6.45) is 8.55. The molecule has 0 unspecified atom stereocenters. The zero-order chi connectivity index (χ0) is 9.60. The lowest BCUT2D eigenvalue weighted by Crippen LogP contribution is -2.41. The molecule has 0 saturated heterocycles. The van der Waals surface area contributed by atoms with Gasteiger partial charge in [0.15, 0.2) is 0 Å². The van der Waals surface area contributed by atoms with Gasteiger partial charge in [-0.25, -0.2) is 0 Å². The van der Waals surface area contributed by atoms with E-state index in [9.17, 15) is 5.11 Å². The normalized spacial score (nSPS) is 22.4. The highest BCUT2D eigenvalue weighted by Gasteiger charge is 2.37. The van der Waals surface area contributed by atoms with Gasteiger partial charge in [0, 0.05) is 17.8 Å². The average Bonchev–Trinajstić information content (AvgIpc) is 2.15. The van der Waals surface area contributed by atoms with Crippen LogP contribution in [0.4, 0.5) is 0 Å². The molecule has 1 spiro atoms. The van der Waals surface area contributed by atoms with Gasteiger partial charge in [0.1, 0.15) is 5.76 Å². The van der Waals surface area contributed by atoms with E-state index in [-0.39, 0.29) is 5.41 Å². The summed E-state index contributed by atoms with van der Waals surface area (Å²) >= 11 is 0. The van der Waals surface area contributed by atoms with Crippen LogP contribution in [0.25, 0.3) is 11.8 Å². The van der Waals surface area contributed by atoms with Crippen LogP contribution in [-0.4, -0.2) is 10.1 Å². The fourth-order valence-electron chi connectivity index (χ4n) is 2.50. The van der Waals surface area contributed by atoms with E-state index in [1.807, 2.05) is 12.1 Å². The molecule has 0 aromatic carbocycles. The van der Waals surface area contributed by atoms with Crippen LogP contribution in [0.15, 0.2) is 18.3 Å². The standard InChI is InChI=1S/C12H13NO/c14-11-8-12(4-2-5-12)7-10-9(11)3-1-6-13-10/h1,3,6-7,14H,2,4-5,8H2. The summed E-state index contributed by atoms with van der Waals surface area (Å²) < 4.78 is 0. The molecule has 2 aliphatic carbocycles. The first-order valence-corrected chi connectivity index (χ1v) is 5.15. The van der Waals surface area contributed by atoms with Crippen molar-refractivity contribution >= 4 is 11.8 Å². The van der Waals surface area contributed by atoms with Crippen molar-refractivity contribution in [2.75, 3.05) is 0 Å². The maximum absolute atomic E-state index is 9.92. The second-order valence-electron chi connectivity index (χ2n) is 4.42. The third kappa shape index (κ3) is 0.999. The second kappa shape index (κ2) is 2.59. The molecule has 72 valence electrons. The summed E-state index contributed by atoms with van der Waals surface area (Å²) in [7, 11) is 0. The van der Waals surface area contributed by atoms with E-state index in [4.69, 9.17) is 0 Å². The molecule has 2 heteroatoms. The number of nitrogens with zero attached hydrogens (tertiary/aromatic N) is 1. The van der Waals surface area contributed by atoms with Gasteiger partial charge in [0.2, 0.25) is 0 Å². The first-order valence-electron chi connectivity index (χ1n) is 5.15. The fraction of sp³-hybridized carbons (Fsp3) is 0.417. The molecule has 0 radical (unpaired) electrons. The Kier molecular flexibility index (Phi) is 1.49. The summed E-state index contributed by atoms with van der Waals surface area (Å²) in [5.74, 6) is 0.523. The lowest BCUT2D eigenvalue weighted by atomic mass is 9.65. The molecule has 1 aromatic heterocycles. The van der Waals surface area contributed by atoms with Crippen LogP contribution in [0.2, 0.25) is 0 Å². The number of pyridine rings is 1. The Bertz CT molecular complexity index is 485. The van der Waals surface area contributed by atoms with Crippen molar-refractivity contribution in [3.63, 3.8) is 0 Å². The molecule has 1 fully saturated rings. The predicted molar refractivity (Wildman–Crippen MR) is 54.9 cm³/mol.